The summed E-state index contributed by atoms with van der Waals surface area (Å²) in [5, 5.41) is 17.2. The van der Waals surface area contributed by atoms with Crippen LogP contribution >= 0.6 is 0 Å². The molecule has 2 heterocycles. The molecule has 3 unspecified atom stereocenters. The van der Waals surface area contributed by atoms with Gasteiger partial charge in [0.25, 0.3) is 0 Å². The van der Waals surface area contributed by atoms with Gasteiger partial charge in [0, 0.05) is 43.2 Å². The summed E-state index contributed by atoms with van der Waals surface area (Å²) in [6, 6.07) is -1.82. The Bertz CT molecular complexity index is 1230. The quantitative estimate of drug-likeness (QED) is 0.349. The molecule has 0 aromatic carbocycles. The highest BCUT2D eigenvalue weighted by molar-refractivity contribution is 7.92. The third-order valence-electron chi connectivity index (χ3n) is 11.3. The molecule has 4 amide bonds. The van der Waals surface area contributed by atoms with Gasteiger partial charge >= 0.3 is 12.1 Å². The first-order chi connectivity index (χ1) is 20.2. The van der Waals surface area contributed by atoms with Crippen molar-refractivity contribution >= 4 is 34.8 Å². The number of nitrogens with one attached hydrogen (secondary N) is 3. The molecule has 0 aromatic heterocycles. The number of amides is 4. The summed E-state index contributed by atoms with van der Waals surface area (Å²) in [5.74, 6) is -4.10. The van der Waals surface area contributed by atoms with Crippen molar-refractivity contribution in [1.82, 2.24) is 20.9 Å². The topological polar surface area (TPSA) is 154 Å². The summed E-state index contributed by atoms with van der Waals surface area (Å²) in [6.07, 6.45) is 2.26. The predicted molar refractivity (Wildman–Crippen MR) is 147 cm³/mol. The van der Waals surface area contributed by atoms with Gasteiger partial charge in [-0.15, -0.1) is 0 Å². The lowest BCUT2D eigenvalue weighted by Gasteiger charge is -2.62. The van der Waals surface area contributed by atoms with Crippen LogP contribution in [0, 0.1) is 40.4 Å². The van der Waals surface area contributed by atoms with Gasteiger partial charge in [-0.25, -0.2) is 0 Å². The van der Waals surface area contributed by atoms with Crippen LogP contribution in [0.1, 0.15) is 70.6 Å². The van der Waals surface area contributed by atoms with Crippen LogP contribution in [0.2, 0.25) is 0 Å². The number of halogens is 3. The molecule has 9 atom stereocenters. The number of carbonyl (C=O) groups excluding carboxylic acids is 4. The van der Waals surface area contributed by atoms with Crippen molar-refractivity contribution in [2.45, 2.75) is 106 Å². The largest absolute Gasteiger partial charge is 0.616 e. The molecular formula is C29H38F3N5O5S. The second kappa shape index (κ2) is 10.8. The zero-order valence-corrected chi connectivity index (χ0v) is 24.9. The molecule has 10 nitrogen and oxygen atoms in total. The van der Waals surface area contributed by atoms with Crippen molar-refractivity contribution in [2.75, 3.05) is 12.8 Å². The Morgan fingerprint density at radius 1 is 1.14 bits per heavy atom. The van der Waals surface area contributed by atoms with E-state index < -0.39 is 69.3 Å². The number of rotatable bonds is 8. The van der Waals surface area contributed by atoms with Crippen LogP contribution in [0.25, 0.3) is 0 Å². The molecule has 236 valence electrons. The summed E-state index contributed by atoms with van der Waals surface area (Å²) in [6.45, 7) is 0.492. The molecule has 2 aliphatic heterocycles. The van der Waals surface area contributed by atoms with Crippen molar-refractivity contribution in [3.63, 3.8) is 0 Å². The average molecular weight is 626 g/mol. The van der Waals surface area contributed by atoms with E-state index in [0.29, 0.717) is 57.9 Å². The Morgan fingerprint density at radius 2 is 1.84 bits per heavy atom. The highest BCUT2D eigenvalue weighted by atomic mass is 32.2. The van der Waals surface area contributed by atoms with Gasteiger partial charge in [0.2, 0.25) is 17.7 Å². The maximum atomic E-state index is 14.5. The number of fused-ring (bicyclic) bond motifs is 2. The van der Waals surface area contributed by atoms with Crippen molar-refractivity contribution in [3.8, 4) is 6.07 Å². The summed E-state index contributed by atoms with van der Waals surface area (Å²) in [7, 11) is 0. The van der Waals surface area contributed by atoms with Crippen LogP contribution in [0.3, 0.4) is 0 Å². The van der Waals surface area contributed by atoms with Gasteiger partial charge in [-0.2, -0.15) is 18.4 Å². The van der Waals surface area contributed by atoms with Crippen molar-refractivity contribution in [3.05, 3.63) is 0 Å². The number of nitrogens with zero attached hydrogens (tertiary/aromatic N) is 2. The molecular weight excluding hydrogens is 587 g/mol. The second-order valence-corrected chi connectivity index (χ2v) is 15.8. The smallest absolute Gasteiger partial charge is 0.471 e. The summed E-state index contributed by atoms with van der Waals surface area (Å²) in [5.41, 5.74) is -0.998. The van der Waals surface area contributed by atoms with Gasteiger partial charge in [-0.3, -0.25) is 19.2 Å². The molecule has 0 spiro atoms. The Kier molecular flexibility index (Phi) is 7.67. The van der Waals surface area contributed by atoms with Crippen LogP contribution in [-0.2, 0) is 30.4 Å². The van der Waals surface area contributed by atoms with Gasteiger partial charge < -0.3 is 25.4 Å². The lowest BCUT2D eigenvalue weighted by Crippen LogP contribution is -2.69. The first-order valence-corrected chi connectivity index (χ1v) is 16.8. The maximum absolute atomic E-state index is 14.5. The second-order valence-electron chi connectivity index (χ2n) is 14.0. The molecule has 5 saturated carbocycles. The fourth-order valence-corrected chi connectivity index (χ4v) is 11.4. The fourth-order valence-electron chi connectivity index (χ4n) is 9.96. The van der Waals surface area contributed by atoms with Crippen LogP contribution in [0.15, 0.2) is 0 Å². The Balaban J connectivity index is 1.29. The molecule has 43 heavy (non-hydrogen) atoms. The predicted octanol–water partition coefficient (Wildman–Crippen LogP) is 1.67. The Hall–Kier alpha value is -2.53. The average Bonchev–Trinajstić information content (AvgIpc) is 3.66. The van der Waals surface area contributed by atoms with Crippen LogP contribution in [0.5, 0.6) is 0 Å². The van der Waals surface area contributed by atoms with E-state index in [1.54, 1.807) is 6.26 Å². The molecule has 7 rings (SSSR count). The highest BCUT2D eigenvalue weighted by Crippen LogP contribution is 2.65. The number of nitriles is 1. The van der Waals surface area contributed by atoms with E-state index in [2.05, 4.69) is 16.0 Å². The van der Waals surface area contributed by atoms with Crippen molar-refractivity contribution in [1.29, 1.82) is 5.26 Å². The van der Waals surface area contributed by atoms with Gasteiger partial charge in [-0.1, -0.05) is 11.2 Å². The third-order valence-corrected chi connectivity index (χ3v) is 13.0. The molecule has 6 bridgehead atoms. The molecule has 7 fully saturated rings. The van der Waals surface area contributed by atoms with Crippen LogP contribution in [-0.4, -0.2) is 81.0 Å². The van der Waals surface area contributed by atoms with Crippen LogP contribution < -0.4 is 16.0 Å². The van der Waals surface area contributed by atoms with E-state index in [0.717, 1.165) is 6.42 Å². The first-order valence-electron chi connectivity index (χ1n) is 15.3. The van der Waals surface area contributed by atoms with Crippen LogP contribution in [0.4, 0.5) is 13.2 Å². The Morgan fingerprint density at radius 3 is 2.42 bits per heavy atom. The summed E-state index contributed by atoms with van der Waals surface area (Å²) < 4.78 is 53.4. The SMILES string of the molecule is C[S+]([O-])C12CC3CC(CC([C@H](NC(=O)C(F)(F)F)C(=O)N4[C@@H]5CC[C@@H](C5)[C@H]4C(=O)N[C@H](C#N)C[C@@H]4CCNC4=O)(C3)C1)C2. The van der Waals surface area contributed by atoms with Gasteiger partial charge in [-0.05, 0) is 69.1 Å². The molecule has 0 aromatic rings. The molecule has 5 aliphatic carbocycles. The monoisotopic (exact) mass is 625 g/mol. The fraction of sp³-hybridized carbons (Fsp3) is 0.828. The molecule has 14 heteroatoms. The van der Waals surface area contributed by atoms with Gasteiger partial charge in [0.05, 0.1) is 12.3 Å². The Labute approximate surface area is 251 Å². The van der Waals surface area contributed by atoms with Gasteiger partial charge in [0.1, 0.15) is 22.9 Å². The minimum absolute atomic E-state index is 0.0986. The molecule has 0 radical (unpaired) electrons. The number of likely N-dealkylation sites (tertiary alicyclic amines) is 1. The van der Waals surface area contributed by atoms with E-state index in [4.69, 9.17) is 0 Å². The summed E-state index contributed by atoms with van der Waals surface area (Å²) in [4.78, 5) is 54.1. The highest BCUT2D eigenvalue weighted by Gasteiger charge is 2.67. The van der Waals surface area contributed by atoms with E-state index in [9.17, 15) is 42.2 Å². The minimum atomic E-state index is -5.21. The number of hydrogen-bond donors (Lipinski definition) is 3. The molecule has 2 saturated heterocycles. The number of hydrogen-bond acceptors (Lipinski definition) is 6. The van der Waals surface area contributed by atoms with Crippen molar-refractivity contribution in [2.24, 2.45) is 29.1 Å². The standard InChI is InChI=1S/C29H38F3N5O5S/c1-43(42)28-11-15-6-16(12-28)10-27(9-15,14-28)22(36-26(41)29(30,31)32)25(40)37-20-3-2-17(8-20)21(37)24(39)35-19(13-33)7-18-4-5-34-23(18)38/h15-22H,2-12,14H2,1H3,(H,34,38)(H,35,39)(H,36,41)/t15?,16?,17-,18-,19-,20+,21-,22+,27?,28?,43?/m0/s1. The van der Waals surface area contributed by atoms with E-state index in [1.165, 1.54) is 4.90 Å². The number of piperidine rings is 1. The van der Waals surface area contributed by atoms with Crippen molar-refractivity contribution < 1.29 is 36.9 Å². The maximum Gasteiger partial charge on any atom is 0.471 e. The lowest BCUT2D eigenvalue weighted by molar-refractivity contribution is -0.179. The minimum Gasteiger partial charge on any atom is -0.616 e. The number of carbonyl (C=O) groups is 4. The molecule has 7 aliphatic rings. The first kappa shape index (κ1) is 30.5. The van der Waals surface area contributed by atoms with E-state index in [-0.39, 0.29) is 42.5 Å². The zero-order valence-electron chi connectivity index (χ0n) is 24.1. The van der Waals surface area contributed by atoms with E-state index >= 15 is 0 Å². The lowest BCUT2D eigenvalue weighted by atomic mass is 9.47. The van der Waals surface area contributed by atoms with Gasteiger partial charge in [0.15, 0.2) is 0 Å². The number of alkyl halides is 3. The zero-order chi connectivity index (χ0) is 30.9. The third kappa shape index (κ3) is 5.28. The normalized spacial score (nSPS) is 39.6. The molecule has 3 N–H and O–H groups in total. The van der Waals surface area contributed by atoms with E-state index in [1.807, 2.05) is 6.07 Å². The summed E-state index contributed by atoms with van der Waals surface area (Å²) >= 11 is -1.27.